The average molecular weight is 623 g/mol. The van der Waals surface area contributed by atoms with Crippen LogP contribution in [0.1, 0.15) is 142 Å². The summed E-state index contributed by atoms with van der Waals surface area (Å²) < 4.78 is 33.9. The second kappa shape index (κ2) is 26.4. The molecule has 42 heavy (non-hydrogen) atoms. The maximum atomic E-state index is 12.5. The van der Waals surface area contributed by atoms with Gasteiger partial charge in [0.1, 0.15) is 19.8 Å². The number of rotatable bonds is 30. The minimum atomic E-state index is -4.35. The Balaban J connectivity index is 4.45. The summed E-state index contributed by atoms with van der Waals surface area (Å²) in [7, 11) is 1.48. The molecule has 0 aromatic heterocycles. The maximum Gasteiger partial charge on any atom is 0.472 e. The molecule has 9 nitrogen and oxygen atoms in total. The van der Waals surface area contributed by atoms with Gasteiger partial charge >= 0.3 is 19.8 Å². The fraction of sp³-hybridized carbons (Fsp3) is 0.938. The SMILES string of the molecule is CCCCCCCCCCCCCCC(=O)OC(COC(=O)CCCCCCCC)COP(=O)(O)OCC[N+](C)(C)C. The normalized spacial score (nSPS) is 14.0. The lowest BCUT2D eigenvalue weighted by molar-refractivity contribution is -0.870. The Morgan fingerprint density at radius 3 is 1.52 bits per heavy atom. The minimum Gasteiger partial charge on any atom is -0.462 e. The van der Waals surface area contributed by atoms with E-state index >= 15 is 0 Å². The topological polar surface area (TPSA) is 108 Å². The van der Waals surface area contributed by atoms with Crippen molar-refractivity contribution in [3.63, 3.8) is 0 Å². The van der Waals surface area contributed by atoms with E-state index in [1.54, 1.807) is 0 Å². The van der Waals surface area contributed by atoms with Crippen molar-refractivity contribution >= 4 is 19.8 Å². The number of carbonyl (C=O) groups excluding carboxylic acids is 2. The number of unbranched alkanes of at least 4 members (excludes halogenated alkanes) is 16. The lowest BCUT2D eigenvalue weighted by atomic mass is 10.0. The van der Waals surface area contributed by atoms with Gasteiger partial charge in [-0.25, -0.2) is 4.57 Å². The zero-order valence-electron chi connectivity index (χ0n) is 27.7. The standard InChI is InChI=1S/C32H64NO8P/c1-6-8-10-12-14-15-16-17-18-19-21-23-25-32(35)41-30(28-38-31(34)24-22-20-13-11-9-7-2)29-40-42(36,37)39-27-26-33(3,4)5/h30H,6-29H2,1-5H3/p+1. The average Bonchev–Trinajstić information content (AvgIpc) is 2.92. The minimum absolute atomic E-state index is 0.0356. The zero-order valence-corrected chi connectivity index (χ0v) is 28.6. The van der Waals surface area contributed by atoms with Gasteiger partial charge in [-0.3, -0.25) is 18.6 Å². The highest BCUT2D eigenvalue weighted by molar-refractivity contribution is 7.47. The molecule has 0 spiro atoms. The van der Waals surface area contributed by atoms with Gasteiger partial charge in [0.05, 0.1) is 27.7 Å². The fourth-order valence-electron chi connectivity index (χ4n) is 4.42. The largest absolute Gasteiger partial charge is 0.472 e. The first-order valence-corrected chi connectivity index (χ1v) is 18.3. The smallest absolute Gasteiger partial charge is 0.462 e. The Labute approximate surface area is 257 Å². The van der Waals surface area contributed by atoms with E-state index in [0.29, 0.717) is 23.9 Å². The van der Waals surface area contributed by atoms with Gasteiger partial charge in [-0.05, 0) is 12.8 Å². The van der Waals surface area contributed by atoms with Crippen LogP contribution in [0.5, 0.6) is 0 Å². The summed E-state index contributed by atoms with van der Waals surface area (Å²) in [6, 6.07) is 0. The molecule has 250 valence electrons. The van der Waals surface area contributed by atoms with Gasteiger partial charge in [-0.1, -0.05) is 117 Å². The summed E-state index contributed by atoms with van der Waals surface area (Å²) in [6.45, 7) is 4.33. The molecule has 0 bridgehead atoms. The highest BCUT2D eigenvalue weighted by Crippen LogP contribution is 2.43. The van der Waals surface area contributed by atoms with Gasteiger partial charge in [-0.15, -0.1) is 0 Å². The molecule has 0 aromatic carbocycles. The molecule has 0 aliphatic heterocycles. The van der Waals surface area contributed by atoms with Crippen molar-refractivity contribution in [1.82, 2.24) is 0 Å². The molecule has 0 amide bonds. The van der Waals surface area contributed by atoms with Crippen LogP contribution in [0.25, 0.3) is 0 Å². The van der Waals surface area contributed by atoms with E-state index in [1.165, 1.54) is 70.6 Å². The quantitative estimate of drug-likeness (QED) is 0.0370. The lowest BCUT2D eigenvalue weighted by Gasteiger charge is -2.24. The van der Waals surface area contributed by atoms with Crippen LogP contribution in [-0.2, 0) is 32.7 Å². The molecule has 0 aliphatic carbocycles. The maximum absolute atomic E-state index is 12.5. The monoisotopic (exact) mass is 622 g/mol. The van der Waals surface area contributed by atoms with E-state index in [1.807, 2.05) is 21.1 Å². The molecule has 0 aliphatic rings. The van der Waals surface area contributed by atoms with Gasteiger partial charge in [0.15, 0.2) is 6.10 Å². The van der Waals surface area contributed by atoms with Crippen LogP contribution in [0.15, 0.2) is 0 Å². The van der Waals surface area contributed by atoms with Gasteiger partial charge < -0.3 is 18.9 Å². The number of likely N-dealkylation sites (N-methyl/N-ethyl adjacent to an activating group) is 1. The highest BCUT2D eigenvalue weighted by Gasteiger charge is 2.27. The molecule has 0 saturated carbocycles. The summed E-state index contributed by atoms with van der Waals surface area (Å²) in [4.78, 5) is 34.8. The molecule has 1 N–H and O–H groups in total. The van der Waals surface area contributed by atoms with Crippen LogP contribution >= 0.6 is 7.82 Å². The molecule has 0 fully saturated rings. The molecule has 0 heterocycles. The van der Waals surface area contributed by atoms with Crippen molar-refractivity contribution in [3.05, 3.63) is 0 Å². The summed E-state index contributed by atoms with van der Waals surface area (Å²) >= 11 is 0. The number of phosphoric ester groups is 1. The van der Waals surface area contributed by atoms with Crippen LogP contribution in [0.4, 0.5) is 0 Å². The van der Waals surface area contributed by atoms with E-state index < -0.39 is 26.5 Å². The van der Waals surface area contributed by atoms with Crippen molar-refractivity contribution in [1.29, 1.82) is 0 Å². The fourth-order valence-corrected chi connectivity index (χ4v) is 5.17. The van der Waals surface area contributed by atoms with Crippen LogP contribution in [-0.4, -0.2) is 74.9 Å². The Morgan fingerprint density at radius 1 is 0.643 bits per heavy atom. The van der Waals surface area contributed by atoms with Gasteiger partial charge in [-0.2, -0.15) is 0 Å². The van der Waals surface area contributed by atoms with E-state index in [4.69, 9.17) is 18.5 Å². The first-order valence-electron chi connectivity index (χ1n) is 16.8. The lowest BCUT2D eigenvalue weighted by Crippen LogP contribution is -2.37. The summed E-state index contributed by atoms with van der Waals surface area (Å²) in [6.07, 6.45) is 20.3. The van der Waals surface area contributed by atoms with Crippen LogP contribution in [0, 0.1) is 0 Å². The number of nitrogens with zero attached hydrogens (tertiary/aromatic N) is 1. The number of ether oxygens (including phenoxy) is 2. The molecule has 0 radical (unpaired) electrons. The number of hydrogen-bond donors (Lipinski definition) is 1. The van der Waals surface area contributed by atoms with Crippen molar-refractivity contribution in [3.8, 4) is 0 Å². The van der Waals surface area contributed by atoms with E-state index in [-0.39, 0.29) is 25.6 Å². The first-order chi connectivity index (χ1) is 20.0. The molecular formula is C32H65NO8P+. The predicted molar refractivity (Wildman–Crippen MR) is 169 cm³/mol. The Bertz CT molecular complexity index is 713. The number of hydrogen-bond acceptors (Lipinski definition) is 7. The molecule has 10 heteroatoms. The second-order valence-electron chi connectivity index (χ2n) is 12.6. The van der Waals surface area contributed by atoms with E-state index in [2.05, 4.69) is 13.8 Å². The summed E-state index contributed by atoms with van der Waals surface area (Å²) in [5.41, 5.74) is 0. The van der Waals surface area contributed by atoms with E-state index in [9.17, 15) is 19.0 Å². The molecule has 0 aromatic rings. The van der Waals surface area contributed by atoms with Crippen molar-refractivity contribution in [2.24, 2.45) is 0 Å². The number of phosphoric acid groups is 1. The third kappa shape index (κ3) is 29.1. The van der Waals surface area contributed by atoms with E-state index in [0.717, 1.165) is 38.5 Å². The predicted octanol–water partition coefficient (Wildman–Crippen LogP) is 8.12. The third-order valence-electron chi connectivity index (χ3n) is 7.14. The van der Waals surface area contributed by atoms with Crippen LogP contribution in [0.3, 0.4) is 0 Å². The third-order valence-corrected chi connectivity index (χ3v) is 8.12. The number of carbonyl (C=O) groups is 2. The summed E-state index contributed by atoms with van der Waals surface area (Å²) in [5.74, 6) is -0.805. The highest BCUT2D eigenvalue weighted by atomic mass is 31.2. The van der Waals surface area contributed by atoms with Gasteiger partial charge in [0.25, 0.3) is 0 Å². The van der Waals surface area contributed by atoms with Crippen molar-refractivity contribution in [2.45, 2.75) is 148 Å². The van der Waals surface area contributed by atoms with Crippen molar-refractivity contribution in [2.75, 3.05) is 47.5 Å². The molecule has 0 saturated heterocycles. The summed E-state index contributed by atoms with van der Waals surface area (Å²) in [5, 5.41) is 0. The van der Waals surface area contributed by atoms with Gasteiger partial charge in [0.2, 0.25) is 0 Å². The Morgan fingerprint density at radius 2 is 1.07 bits per heavy atom. The van der Waals surface area contributed by atoms with Crippen molar-refractivity contribution < 1.29 is 42.1 Å². The molecular weight excluding hydrogens is 557 g/mol. The molecule has 2 atom stereocenters. The Hall–Kier alpha value is -0.990. The van der Waals surface area contributed by atoms with Crippen LogP contribution < -0.4 is 0 Å². The zero-order chi connectivity index (χ0) is 31.5. The van der Waals surface area contributed by atoms with Crippen LogP contribution in [0.2, 0.25) is 0 Å². The second-order valence-corrected chi connectivity index (χ2v) is 14.0. The first kappa shape index (κ1) is 41.0. The number of quaternary nitrogens is 1. The molecule has 2 unspecified atom stereocenters. The molecule has 0 rings (SSSR count). The van der Waals surface area contributed by atoms with Gasteiger partial charge in [0, 0.05) is 12.8 Å². The number of esters is 2. The Kier molecular flexibility index (Phi) is 25.8.